The molecule has 0 saturated carbocycles. The second-order valence-electron chi connectivity index (χ2n) is 3.28. The van der Waals surface area contributed by atoms with Gasteiger partial charge in [-0.3, -0.25) is 0 Å². The molecule has 0 aromatic heterocycles. The van der Waals surface area contributed by atoms with E-state index in [0.717, 1.165) is 18.2 Å². The summed E-state index contributed by atoms with van der Waals surface area (Å²) in [6, 6.07) is 2.92. The molecule has 0 aliphatic carbocycles. The van der Waals surface area contributed by atoms with E-state index >= 15 is 0 Å². The van der Waals surface area contributed by atoms with Gasteiger partial charge in [0.25, 0.3) is 0 Å². The molecule has 0 atom stereocenters. The van der Waals surface area contributed by atoms with Crippen molar-refractivity contribution >= 4 is 12.6 Å². The number of rotatable bonds is 4. The molecular formula is C9H9BF4O3. The molecule has 0 fully saturated rings. The first-order valence-electron chi connectivity index (χ1n) is 4.65. The second kappa shape index (κ2) is 5.37. The first-order chi connectivity index (χ1) is 7.79. The Hall–Kier alpha value is -1.28. The Labute approximate surface area is 94.8 Å². The lowest BCUT2D eigenvalue weighted by Gasteiger charge is -2.10. The highest BCUT2D eigenvalue weighted by Gasteiger charge is 2.27. The van der Waals surface area contributed by atoms with Crippen LogP contribution in [0.5, 0.6) is 5.75 Å². The monoisotopic (exact) mass is 252 g/mol. The number of hydrogen-bond acceptors (Lipinski definition) is 3. The van der Waals surface area contributed by atoms with Crippen LogP contribution in [0.25, 0.3) is 0 Å². The minimum atomic E-state index is -4.38. The molecule has 0 saturated heterocycles. The number of halogens is 4. The molecule has 0 unspecified atom stereocenters. The van der Waals surface area contributed by atoms with Crippen LogP contribution in [0.1, 0.15) is 6.42 Å². The highest BCUT2D eigenvalue weighted by molar-refractivity contribution is 6.58. The molecule has 2 N–H and O–H groups in total. The van der Waals surface area contributed by atoms with Gasteiger partial charge in [0.2, 0.25) is 0 Å². The van der Waals surface area contributed by atoms with Gasteiger partial charge in [-0.2, -0.15) is 13.2 Å². The maximum atomic E-state index is 13.1. The molecule has 0 bridgehead atoms. The second-order valence-corrected chi connectivity index (χ2v) is 3.28. The molecule has 0 spiro atoms. The van der Waals surface area contributed by atoms with Crippen LogP contribution >= 0.6 is 0 Å². The average Bonchev–Trinajstić information content (AvgIpc) is 2.18. The van der Waals surface area contributed by atoms with Crippen LogP contribution in [0.3, 0.4) is 0 Å². The molecule has 1 aromatic rings. The number of alkyl halides is 3. The van der Waals surface area contributed by atoms with Crippen molar-refractivity contribution in [3.63, 3.8) is 0 Å². The summed E-state index contributed by atoms with van der Waals surface area (Å²) in [4.78, 5) is 0. The molecule has 1 rings (SSSR count). The maximum absolute atomic E-state index is 13.1. The summed E-state index contributed by atoms with van der Waals surface area (Å²) >= 11 is 0. The van der Waals surface area contributed by atoms with Crippen molar-refractivity contribution in [1.82, 2.24) is 0 Å². The van der Waals surface area contributed by atoms with E-state index in [2.05, 4.69) is 4.74 Å². The fourth-order valence-corrected chi connectivity index (χ4v) is 1.07. The van der Waals surface area contributed by atoms with E-state index in [1.165, 1.54) is 0 Å². The first-order valence-corrected chi connectivity index (χ1v) is 4.65. The topological polar surface area (TPSA) is 49.7 Å². The molecular weight excluding hydrogens is 243 g/mol. The van der Waals surface area contributed by atoms with E-state index in [4.69, 9.17) is 10.0 Å². The van der Waals surface area contributed by atoms with Gasteiger partial charge in [0.1, 0.15) is 0 Å². The fourth-order valence-electron chi connectivity index (χ4n) is 1.07. The van der Waals surface area contributed by atoms with Crippen molar-refractivity contribution in [2.75, 3.05) is 6.61 Å². The Morgan fingerprint density at radius 1 is 1.24 bits per heavy atom. The predicted octanol–water partition coefficient (Wildman–Crippen LogP) is 0.837. The normalized spacial score (nSPS) is 11.4. The largest absolute Gasteiger partial charge is 0.490 e. The summed E-state index contributed by atoms with van der Waals surface area (Å²) in [5.74, 6) is -1.31. The molecule has 1 aromatic carbocycles. The van der Waals surface area contributed by atoms with E-state index in [0.29, 0.717) is 0 Å². The highest BCUT2D eigenvalue weighted by atomic mass is 19.4. The Morgan fingerprint density at radius 2 is 1.88 bits per heavy atom. The van der Waals surface area contributed by atoms with Gasteiger partial charge < -0.3 is 14.8 Å². The van der Waals surface area contributed by atoms with Gasteiger partial charge in [-0.15, -0.1) is 0 Å². The predicted molar refractivity (Wildman–Crippen MR) is 52.4 cm³/mol. The number of ether oxygens (including phenoxy) is 1. The van der Waals surface area contributed by atoms with E-state index in [1.807, 2.05) is 0 Å². The van der Waals surface area contributed by atoms with Gasteiger partial charge >= 0.3 is 13.3 Å². The molecule has 17 heavy (non-hydrogen) atoms. The molecule has 0 aliphatic heterocycles. The van der Waals surface area contributed by atoms with Gasteiger partial charge in [0.05, 0.1) is 13.0 Å². The molecule has 8 heteroatoms. The lowest BCUT2D eigenvalue weighted by atomic mass is 9.80. The quantitative estimate of drug-likeness (QED) is 0.616. The van der Waals surface area contributed by atoms with E-state index in [-0.39, 0.29) is 5.46 Å². The lowest BCUT2D eigenvalue weighted by Crippen LogP contribution is -2.30. The summed E-state index contributed by atoms with van der Waals surface area (Å²) in [5, 5.41) is 17.6. The van der Waals surface area contributed by atoms with Gasteiger partial charge in [0.15, 0.2) is 11.6 Å². The van der Waals surface area contributed by atoms with Crippen molar-refractivity contribution in [2.45, 2.75) is 12.6 Å². The van der Waals surface area contributed by atoms with E-state index in [9.17, 15) is 17.6 Å². The third-order valence-corrected chi connectivity index (χ3v) is 1.90. The molecule has 0 aliphatic rings. The van der Waals surface area contributed by atoms with E-state index < -0.39 is 37.9 Å². The molecule has 0 radical (unpaired) electrons. The van der Waals surface area contributed by atoms with Crippen LogP contribution in [-0.2, 0) is 0 Å². The lowest BCUT2D eigenvalue weighted by molar-refractivity contribution is -0.139. The van der Waals surface area contributed by atoms with E-state index in [1.54, 1.807) is 0 Å². The van der Waals surface area contributed by atoms with Crippen LogP contribution in [0, 0.1) is 5.82 Å². The molecule has 0 heterocycles. The van der Waals surface area contributed by atoms with Gasteiger partial charge in [0, 0.05) is 0 Å². The minimum Gasteiger partial charge on any atom is -0.490 e. The number of benzene rings is 1. The van der Waals surface area contributed by atoms with Crippen molar-refractivity contribution < 1.29 is 32.3 Å². The third kappa shape index (κ3) is 4.62. The van der Waals surface area contributed by atoms with Crippen LogP contribution in [0.15, 0.2) is 18.2 Å². The van der Waals surface area contributed by atoms with Gasteiger partial charge in [-0.05, 0) is 17.6 Å². The Bertz CT molecular complexity index is 381. The smallest absolute Gasteiger partial charge is 0.488 e. The molecule has 94 valence electrons. The summed E-state index contributed by atoms with van der Waals surface area (Å²) in [7, 11) is -1.83. The Kier molecular flexibility index (Phi) is 4.36. The maximum Gasteiger partial charge on any atom is 0.488 e. The Morgan fingerprint density at radius 3 is 2.41 bits per heavy atom. The fraction of sp³-hybridized carbons (Fsp3) is 0.333. The summed E-state index contributed by atoms with van der Waals surface area (Å²) in [5.41, 5.74) is -0.0617. The summed E-state index contributed by atoms with van der Waals surface area (Å²) in [6.07, 6.45) is -5.59. The average molecular weight is 252 g/mol. The van der Waals surface area contributed by atoms with Gasteiger partial charge in [-0.25, -0.2) is 4.39 Å². The van der Waals surface area contributed by atoms with Crippen molar-refractivity contribution in [3.05, 3.63) is 24.0 Å². The summed E-state index contributed by atoms with van der Waals surface area (Å²) < 4.78 is 53.1. The number of hydrogen-bond donors (Lipinski definition) is 2. The zero-order chi connectivity index (χ0) is 13.1. The van der Waals surface area contributed by atoms with Crippen LogP contribution in [0.2, 0.25) is 0 Å². The SMILES string of the molecule is OB(O)c1ccc(F)c(OCCC(F)(F)F)c1. The Balaban J connectivity index is 2.67. The van der Waals surface area contributed by atoms with Crippen molar-refractivity contribution in [1.29, 1.82) is 0 Å². The first kappa shape index (κ1) is 13.8. The van der Waals surface area contributed by atoms with Crippen LogP contribution in [0.4, 0.5) is 17.6 Å². The third-order valence-electron chi connectivity index (χ3n) is 1.90. The van der Waals surface area contributed by atoms with Crippen LogP contribution < -0.4 is 10.2 Å². The van der Waals surface area contributed by atoms with Crippen LogP contribution in [-0.4, -0.2) is 29.9 Å². The zero-order valence-corrected chi connectivity index (χ0v) is 8.54. The molecule has 3 nitrogen and oxygen atoms in total. The standard InChI is InChI=1S/C9H9BF4O3/c11-7-2-1-6(10(15)16)5-8(7)17-4-3-9(12,13)14/h1-2,5,15-16H,3-4H2. The zero-order valence-electron chi connectivity index (χ0n) is 8.54. The minimum absolute atomic E-state index is 0.0617. The highest BCUT2D eigenvalue weighted by Crippen LogP contribution is 2.21. The summed E-state index contributed by atoms with van der Waals surface area (Å²) in [6.45, 7) is -0.731. The van der Waals surface area contributed by atoms with Gasteiger partial charge in [-0.1, -0.05) is 6.07 Å². The van der Waals surface area contributed by atoms with Crippen molar-refractivity contribution in [2.24, 2.45) is 0 Å². The molecule has 0 amide bonds. The van der Waals surface area contributed by atoms with Crippen molar-refractivity contribution in [3.8, 4) is 5.75 Å².